The van der Waals surface area contributed by atoms with Crippen LogP contribution in [-0.2, 0) is 102 Å². The third-order valence-electron chi connectivity index (χ3n) is 23.2. The number of unbranched alkanes of at least 4 members (excludes halogenated alkanes) is 2. The molecule has 14 atom stereocenters. The van der Waals surface area contributed by atoms with E-state index in [1.165, 1.54) is 54.6 Å². The third-order valence-corrected chi connectivity index (χ3v) is 24.2. The first-order valence-electron chi connectivity index (χ1n) is 44.1. The Kier molecular flexibility index (Phi) is 39.7. The van der Waals surface area contributed by atoms with E-state index in [1.807, 2.05) is 13.8 Å². The number of amides is 16. The number of hydrogen-bond donors (Lipinski definition) is 19. The summed E-state index contributed by atoms with van der Waals surface area (Å²) in [7, 11) is 5.29. The maximum Gasteiger partial charge on any atom is 0.248 e. The number of aliphatic hydroxyl groups excluding tert-OH is 2. The van der Waals surface area contributed by atoms with Crippen LogP contribution in [-0.4, -0.2) is 312 Å². The minimum atomic E-state index is -1.84. The number of para-hydroxylation sites is 2. The van der Waals surface area contributed by atoms with E-state index in [0.717, 1.165) is 36.3 Å². The van der Waals surface area contributed by atoms with E-state index in [2.05, 4.69) is 78.4 Å². The number of thioether (sulfide) groups is 1. The summed E-state index contributed by atoms with van der Waals surface area (Å²) in [5.74, 6) is -15.8. The number of primary amides is 1. The number of likely N-dealkylation sites (N-methyl/N-ethyl adjacent to an activating group) is 4. The van der Waals surface area contributed by atoms with E-state index in [4.69, 9.17) is 16.9 Å². The first kappa shape index (κ1) is 103. The Bertz CT molecular complexity index is 4970. The molecule has 131 heavy (non-hydrogen) atoms. The third kappa shape index (κ3) is 29.8. The van der Waals surface area contributed by atoms with Gasteiger partial charge in [0.15, 0.2) is 5.96 Å². The molecule has 14 unspecified atom stereocenters. The number of carbonyl (C=O) groups excluding carboxylic acids is 16. The van der Waals surface area contributed by atoms with Gasteiger partial charge in [-0.2, -0.15) is 0 Å². The van der Waals surface area contributed by atoms with Gasteiger partial charge in [-0.25, -0.2) is 4.98 Å². The second kappa shape index (κ2) is 50.3. The summed E-state index contributed by atoms with van der Waals surface area (Å²) in [5, 5.41) is 60.8. The van der Waals surface area contributed by atoms with Gasteiger partial charge in [0.05, 0.1) is 37.9 Å². The van der Waals surface area contributed by atoms with Crippen LogP contribution in [0, 0.1) is 11.3 Å². The van der Waals surface area contributed by atoms with Gasteiger partial charge in [-0.15, -0.1) is 11.8 Å². The molecule has 3 aromatic carbocycles. The largest absolute Gasteiger partial charge is 0.394 e. The molecule has 41 nitrogen and oxygen atoms in total. The number of aliphatic hydroxyl groups is 2. The molecule has 2 aliphatic heterocycles. The number of H-pyrrole nitrogens is 3. The van der Waals surface area contributed by atoms with E-state index >= 15 is 24.0 Å². The number of guanidine groups is 1. The van der Waals surface area contributed by atoms with Crippen LogP contribution in [0.5, 0.6) is 0 Å². The van der Waals surface area contributed by atoms with Crippen molar-refractivity contribution in [3.05, 3.63) is 126 Å². The summed E-state index contributed by atoms with van der Waals surface area (Å²) in [5.41, 5.74) is 14.4. The second-order valence-corrected chi connectivity index (χ2v) is 34.7. The van der Waals surface area contributed by atoms with Crippen LogP contribution in [0.3, 0.4) is 0 Å². The molecule has 5 heterocycles. The molecular weight excluding hydrogens is 1710 g/mol. The van der Waals surface area contributed by atoms with Gasteiger partial charge >= 0.3 is 0 Å². The molecule has 2 aliphatic rings. The molecule has 0 saturated carbocycles. The van der Waals surface area contributed by atoms with Crippen LogP contribution >= 0.6 is 11.8 Å². The van der Waals surface area contributed by atoms with Crippen LogP contribution < -0.4 is 70.0 Å². The van der Waals surface area contributed by atoms with E-state index < -0.39 is 216 Å². The van der Waals surface area contributed by atoms with Crippen molar-refractivity contribution >= 4 is 134 Å². The molecule has 0 bridgehead atoms. The molecule has 712 valence electrons. The Hall–Kier alpha value is -13.0. The minimum absolute atomic E-state index is 0.00251. The maximum absolute atomic E-state index is 15.7. The number of benzene rings is 3. The number of hydrogen-bond acceptors (Lipinski definition) is 21. The lowest BCUT2D eigenvalue weighted by atomic mass is 10.00. The summed E-state index contributed by atoms with van der Waals surface area (Å²) in [6.45, 7) is 7.27. The number of aromatic amines is 3. The minimum Gasteiger partial charge on any atom is -0.394 e. The van der Waals surface area contributed by atoms with Gasteiger partial charge < -0.3 is 120 Å². The standard InChI is InChI=1S/C89H127N23O18S/c1-11-13-31-69-82(124)101-61(30-22-34-94-89(91)92)78(120)106-68(77(119)97-44-72(90)115)47-131-48-74(117)100-65(37-53-24-16-15-17-25-53)85(127)109(8)51(5)76(118)107-75(52(6)114)88(130)112-35-23-33-70(112)83(125)102-63(40-56-43-93-49-98-56)80(122)103-64(36-50(3)4)84(126)108(7)45-73(116)99-62(38-54-41-95-59-28-20-18-26-57(54)59)79(121)105-67(46-113)81(123)104-66(39-55-42-96-60-29-21-19-27-58(55)60)86(128)111(10)71(32-14-12-2)87(129)110(69)9/h15-21,24-29,41-43,49-52,61-71,75,95-96,113-114H,11-14,22-23,30-40,44-48H2,1-10H3,(H2,90,115)(H,93,98)(H,97,119)(H,99,116)(H,100,117)(H,101,124)(H,102,125)(H,103,122)(H,104,123)(H,105,121)(H,106,120)(H,107,118)(H4,91,92,94). The smallest absolute Gasteiger partial charge is 0.248 e. The summed E-state index contributed by atoms with van der Waals surface area (Å²) in [6.07, 6.45) is 5.38. The quantitative estimate of drug-likeness (QED) is 0.0174. The molecule has 42 heteroatoms. The zero-order valence-corrected chi connectivity index (χ0v) is 76.5. The maximum atomic E-state index is 15.7. The summed E-state index contributed by atoms with van der Waals surface area (Å²) in [4.78, 5) is 254. The fourth-order valence-electron chi connectivity index (χ4n) is 15.7. The fraction of sp³-hybridized carbons (Fsp3) is 0.528. The van der Waals surface area contributed by atoms with Crippen LogP contribution in [0.4, 0.5) is 0 Å². The Labute approximate surface area is 764 Å². The van der Waals surface area contributed by atoms with Crippen molar-refractivity contribution in [2.45, 2.75) is 223 Å². The molecule has 16 amide bonds. The Morgan fingerprint density at radius 1 is 0.557 bits per heavy atom. The molecule has 3 aromatic heterocycles. The van der Waals surface area contributed by atoms with Gasteiger partial charge in [-0.3, -0.25) is 82.1 Å². The molecule has 8 rings (SSSR count). The number of nitrogens with one attached hydrogen (secondary N) is 15. The molecular formula is C89H127N23O18S. The zero-order valence-electron chi connectivity index (χ0n) is 75.7. The van der Waals surface area contributed by atoms with E-state index in [1.54, 1.807) is 105 Å². The van der Waals surface area contributed by atoms with Gasteiger partial charge in [-0.05, 0) is 93.5 Å². The van der Waals surface area contributed by atoms with Gasteiger partial charge in [0.25, 0.3) is 0 Å². The van der Waals surface area contributed by atoms with E-state index in [9.17, 15) is 63.0 Å². The molecule has 6 aromatic rings. The number of fused-ring (bicyclic) bond motifs is 3. The number of nitrogens with zero attached hydrogens (tertiary/aromatic N) is 6. The summed E-state index contributed by atoms with van der Waals surface area (Å²) >= 11 is 0.807. The Balaban J connectivity index is 1.18. The number of aromatic nitrogens is 4. The first-order chi connectivity index (χ1) is 62.4. The van der Waals surface area contributed by atoms with Crippen molar-refractivity contribution in [3.63, 3.8) is 0 Å². The van der Waals surface area contributed by atoms with Crippen molar-refractivity contribution in [1.82, 2.24) is 103 Å². The number of carbonyl (C=O) groups is 16. The van der Waals surface area contributed by atoms with Crippen molar-refractivity contribution in [3.8, 4) is 0 Å². The average Bonchev–Trinajstić information content (AvgIpc) is 1.58. The molecule has 0 radical (unpaired) electrons. The highest BCUT2D eigenvalue weighted by Gasteiger charge is 2.44. The monoisotopic (exact) mass is 1840 g/mol. The molecule has 2 fully saturated rings. The predicted molar refractivity (Wildman–Crippen MR) is 487 cm³/mol. The van der Waals surface area contributed by atoms with Gasteiger partial charge in [-0.1, -0.05) is 120 Å². The van der Waals surface area contributed by atoms with Crippen LogP contribution in [0.1, 0.15) is 135 Å². The number of rotatable bonds is 25. The van der Waals surface area contributed by atoms with Crippen LogP contribution in [0.25, 0.3) is 21.8 Å². The van der Waals surface area contributed by atoms with Crippen LogP contribution in [0.15, 0.2) is 104 Å². The number of imidazole rings is 1. The molecule has 21 N–H and O–H groups in total. The Morgan fingerprint density at radius 3 is 1.69 bits per heavy atom. The lowest BCUT2D eigenvalue weighted by molar-refractivity contribution is -0.149. The van der Waals surface area contributed by atoms with E-state index in [-0.39, 0.29) is 89.6 Å². The lowest BCUT2D eigenvalue weighted by Gasteiger charge is -2.36. The molecule has 0 aliphatic carbocycles. The van der Waals surface area contributed by atoms with Crippen molar-refractivity contribution in [1.29, 1.82) is 5.41 Å². The van der Waals surface area contributed by atoms with Gasteiger partial charge in [0.1, 0.15) is 78.5 Å². The van der Waals surface area contributed by atoms with Crippen molar-refractivity contribution in [2.75, 3.05) is 72.5 Å². The second-order valence-electron chi connectivity index (χ2n) is 33.6. The SMILES string of the molecule is CCCCC1C(=O)N(C)C(CCCC)C(=O)NC(CCCNC(=N)N)C(=O)NC(C(=O)NCC(N)=O)CSCC(=O)NC(Cc2ccccc2)C(=O)N(C)C(C)C(=O)NC(C(C)O)C(=O)N2CCCC2C(=O)NC(Cc2cnc[nH]2)C(=O)NC(CC(C)C)C(=O)N(C)CC(=O)NC(Cc2c[nH]c3ccccc23)C(=O)NC(CO)C(=O)NC(Cc2c[nH]c3ccccc23)C(=O)N1C. The summed E-state index contributed by atoms with van der Waals surface area (Å²) in [6, 6.07) is 3.19. The normalized spacial score (nSPS) is 23.9. The predicted octanol–water partition coefficient (Wildman–Crippen LogP) is -1.63. The Morgan fingerprint density at radius 2 is 1.10 bits per heavy atom. The highest BCUT2D eigenvalue weighted by molar-refractivity contribution is 8.00. The van der Waals surface area contributed by atoms with Gasteiger partial charge in [0.2, 0.25) is 94.5 Å². The molecule has 2 saturated heterocycles. The summed E-state index contributed by atoms with van der Waals surface area (Å²) < 4.78 is 0. The lowest BCUT2D eigenvalue weighted by Crippen LogP contribution is -2.61. The highest BCUT2D eigenvalue weighted by atomic mass is 32.2. The van der Waals surface area contributed by atoms with Crippen LogP contribution in [0.2, 0.25) is 0 Å². The van der Waals surface area contributed by atoms with Gasteiger partial charge in [0, 0.05) is 119 Å². The topological polar surface area (TPSA) is 598 Å². The van der Waals surface area contributed by atoms with E-state index in [0.29, 0.717) is 69.9 Å². The first-order valence-corrected chi connectivity index (χ1v) is 45.3. The zero-order chi connectivity index (χ0) is 95.9. The average molecular weight is 1840 g/mol. The number of nitrogens with two attached hydrogens (primary N) is 2. The van der Waals surface area contributed by atoms with Crippen molar-refractivity contribution < 1.29 is 86.9 Å². The fourth-order valence-corrected chi connectivity index (χ4v) is 16.6. The molecule has 0 spiro atoms. The highest BCUT2D eigenvalue weighted by Crippen LogP contribution is 2.26. The van der Waals surface area contributed by atoms with Crippen molar-refractivity contribution in [2.24, 2.45) is 17.4 Å².